The minimum atomic E-state index is -0.468. The van der Waals surface area contributed by atoms with E-state index in [-0.39, 0.29) is 24.0 Å². The van der Waals surface area contributed by atoms with E-state index in [2.05, 4.69) is 12.2 Å². The van der Waals surface area contributed by atoms with E-state index in [1.54, 1.807) is 11.0 Å². The number of piperazine rings is 1. The molecular formula is C23H23ClN4O4S. The smallest absolute Gasteiger partial charge is 0.270 e. The Morgan fingerprint density at radius 2 is 1.82 bits per heavy atom. The number of thiophene rings is 1. The van der Waals surface area contributed by atoms with Crippen molar-refractivity contribution in [1.82, 2.24) is 9.80 Å². The Hall–Kier alpha value is -3.01. The van der Waals surface area contributed by atoms with Crippen molar-refractivity contribution in [3.63, 3.8) is 0 Å². The molecule has 0 saturated carbocycles. The normalized spacial score (nSPS) is 14.4. The van der Waals surface area contributed by atoms with Crippen LogP contribution in [-0.4, -0.2) is 59.3 Å². The fourth-order valence-corrected chi connectivity index (χ4v) is 5.30. The number of nitro groups is 1. The van der Waals surface area contributed by atoms with Crippen molar-refractivity contribution < 1.29 is 14.5 Å². The average molecular weight is 487 g/mol. The van der Waals surface area contributed by atoms with Gasteiger partial charge in [-0.05, 0) is 30.2 Å². The summed E-state index contributed by atoms with van der Waals surface area (Å²) in [4.78, 5) is 40.1. The van der Waals surface area contributed by atoms with Crippen molar-refractivity contribution in [1.29, 1.82) is 0 Å². The fraction of sp³-hybridized carbons (Fsp3) is 0.304. The topological polar surface area (TPSA) is 95.8 Å². The number of nitrogens with one attached hydrogen (secondary N) is 1. The minimum absolute atomic E-state index is 0.0346. The van der Waals surface area contributed by atoms with Gasteiger partial charge in [0.1, 0.15) is 4.88 Å². The molecule has 0 unspecified atom stereocenters. The maximum absolute atomic E-state index is 13.1. The molecule has 1 N–H and O–H groups in total. The Bertz CT molecular complexity index is 1200. The van der Waals surface area contributed by atoms with E-state index in [1.165, 1.54) is 29.0 Å². The van der Waals surface area contributed by atoms with Gasteiger partial charge in [0.05, 0.1) is 16.5 Å². The summed E-state index contributed by atoms with van der Waals surface area (Å²) in [6.45, 7) is 4.43. The van der Waals surface area contributed by atoms with Crippen LogP contribution < -0.4 is 5.32 Å². The Balaban J connectivity index is 1.34. The SMILES string of the molecule is CCc1ccc(NC(=O)CN2CCN(C(=O)c3sc4cc([N+](=O)[O-])ccc4c3Cl)CC2)cc1. The fourth-order valence-electron chi connectivity index (χ4n) is 3.79. The van der Waals surface area contributed by atoms with Crippen LogP contribution in [0, 0.1) is 10.1 Å². The molecule has 2 aromatic carbocycles. The summed E-state index contributed by atoms with van der Waals surface area (Å²) < 4.78 is 0.611. The molecule has 1 aromatic heterocycles. The Morgan fingerprint density at radius 3 is 2.45 bits per heavy atom. The molecule has 10 heteroatoms. The third-order valence-corrected chi connectivity index (χ3v) is 7.34. The highest BCUT2D eigenvalue weighted by atomic mass is 35.5. The molecule has 1 saturated heterocycles. The molecule has 0 atom stereocenters. The number of aryl methyl sites for hydroxylation is 1. The number of hydrogen-bond acceptors (Lipinski definition) is 6. The molecule has 1 aliphatic heterocycles. The number of nitrogens with zero attached hydrogens (tertiary/aromatic N) is 3. The quantitative estimate of drug-likeness (QED) is 0.411. The lowest BCUT2D eigenvalue weighted by atomic mass is 10.1. The first kappa shape index (κ1) is 23.2. The number of rotatable bonds is 6. The molecule has 172 valence electrons. The van der Waals surface area contributed by atoms with E-state index in [1.807, 2.05) is 29.2 Å². The van der Waals surface area contributed by atoms with Crippen molar-refractivity contribution >= 4 is 56.2 Å². The zero-order chi connectivity index (χ0) is 23.5. The van der Waals surface area contributed by atoms with E-state index >= 15 is 0 Å². The van der Waals surface area contributed by atoms with Gasteiger partial charge in [-0.15, -0.1) is 11.3 Å². The van der Waals surface area contributed by atoms with Gasteiger partial charge in [-0.1, -0.05) is 30.7 Å². The van der Waals surface area contributed by atoms with Crippen LogP contribution in [-0.2, 0) is 11.2 Å². The molecule has 4 rings (SSSR count). The average Bonchev–Trinajstić information content (AvgIpc) is 3.15. The molecule has 1 fully saturated rings. The molecule has 1 aliphatic rings. The number of non-ortho nitro benzene ring substituents is 1. The first-order valence-corrected chi connectivity index (χ1v) is 11.8. The lowest BCUT2D eigenvalue weighted by molar-refractivity contribution is -0.384. The molecule has 8 nitrogen and oxygen atoms in total. The van der Waals surface area contributed by atoms with Crippen LogP contribution in [0.25, 0.3) is 10.1 Å². The highest BCUT2D eigenvalue weighted by Gasteiger charge is 2.27. The van der Waals surface area contributed by atoms with Gasteiger partial charge in [-0.2, -0.15) is 0 Å². The molecule has 0 aliphatic carbocycles. The summed E-state index contributed by atoms with van der Waals surface area (Å²) in [7, 11) is 0. The monoisotopic (exact) mass is 486 g/mol. The molecular weight excluding hydrogens is 464 g/mol. The maximum atomic E-state index is 13.1. The summed E-state index contributed by atoms with van der Waals surface area (Å²) in [5.74, 6) is -0.280. The summed E-state index contributed by atoms with van der Waals surface area (Å²) in [5, 5.41) is 14.9. The van der Waals surface area contributed by atoms with Gasteiger partial charge in [0.15, 0.2) is 0 Å². The lowest BCUT2D eigenvalue weighted by Crippen LogP contribution is -2.50. The molecule has 3 aromatic rings. The molecule has 0 radical (unpaired) electrons. The number of benzene rings is 2. The van der Waals surface area contributed by atoms with Crippen LogP contribution in [0.1, 0.15) is 22.2 Å². The van der Waals surface area contributed by atoms with Crippen molar-refractivity contribution in [3.05, 3.63) is 68.0 Å². The van der Waals surface area contributed by atoms with E-state index < -0.39 is 4.92 Å². The third kappa shape index (κ3) is 5.16. The first-order valence-electron chi connectivity index (χ1n) is 10.6. The molecule has 2 heterocycles. The predicted molar refractivity (Wildman–Crippen MR) is 130 cm³/mol. The van der Waals surface area contributed by atoms with E-state index in [9.17, 15) is 19.7 Å². The largest absolute Gasteiger partial charge is 0.335 e. The van der Waals surface area contributed by atoms with Gasteiger partial charge in [-0.25, -0.2) is 0 Å². The highest BCUT2D eigenvalue weighted by Crippen LogP contribution is 2.38. The van der Waals surface area contributed by atoms with Crippen LogP contribution >= 0.6 is 22.9 Å². The molecule has 33 heavy (non-hydrogen) atoms. The minimum Gasteiger partial charge on any atom is -0.335 e. The molecule has 0 bridgehead atoms. The molecule has 2 amide bonds. The van der Waals surface area contributed by atoms with E-state index in [4.69, 9.17) is 11.6 Å². The number of hydrogen-bond donors (Lipinski definition) is 1. The Morgan fingerprint density at radius 1 is 1.12 bits per heavy atom. The van der Waals surface area contributed by atoms with Gasteiger partial charge in [0.25, 0.3) is 11.6 Å². The first-order chi connectivity index (χ1) is 15.9. The Kier molecular flexibility index (Phi) is 6.92. The number of amides is 2. The van der Waals surface area contributed by atoms with Crippen LogP contribution in [0.2, 0.25) is 5.02 Å². The zero-order valence-corrected chi connectivity index (χ0v) is 19.6. The lowest BCUT2D eigenvalue weighted by Gasteiger charge is -2.34. The van der Waals surface area contributed by atoms with Gasteiger partial charge in [0, 0.05) is 54.1 Å². The number of halogens is 1. The highest BCUT2D eigenvalue weighted by molar-refractivity contribution is 7.21. The number of anilines is 1. The van der Waals surface area contributed by atoms with Crippen LogP contribution in [0.4, 0.5) is 11.4 Å². The summed E-state index contributed by atoms with van der Waals surface area (Å²) >= 11 is 7.59. The van der Waals surface area contributed by atoms with Crippen LogP contribution in [0.3, 0.4) is 0 Å². The second-order valence-electron chi connectivity index (χ2n) is 7.85. The Labute approximate surface area is 199 Å². The summed E-state index contributed by atoms with van der Waals surface area (Å²) in [6, 6.07) is 12.2. The summed E-state index contributed by atoms with van der Waals surface area (Å²) in [6.07, 6.45) is 0.948. The number of nitro benzene ring substituents is 1. The van der Waals surface area contributed by atoms with Crippen molar-refractivity contribution in [3.8, 4) is 0 Å². The van der Waals surface area contributed by atoms with Gasteiger partial charge < -0.3 is 10.2 Å². The number of carbonyl (C=O) groups is 2. The predicted octanol–water partition coefficient (Wildman–Crippen LogP) is 4.42. The summed E-state index contributed by atoms with van der Waals surface area (Å²) in [5.41, 5.74) is 1.95. The second kappa shape index (κ2) is 9.86. The van der Waals surface area contributed by atoms with E-state index in [0.29, 0.717) is 46.2 Å². The maximum Gasteiger partial charge on any atom is 0.270 e. The number of fused-ring (bicyclic) bond motifs is 1. The van der Waals surface area contributed by atoms with Crippen LogP contribution in [0.15, 0.2) is 42.5 Å². The van der Waals surface area contributed by atoms with E-state index in [0.717, 1.165) is 12.1 Å². The van der Waals surface area contributed by atoms with Crippen molar-refractivity contribution in [2.75, 3.05) is 38.0 Å². The van der Waals surface area contributed by atoms with Gasteiger partial charge in [0.2, 0.25) is 5.91 Å². The second-order valence-corrected chi connectivity index (χ2v) is 9.28. The number of carbonyl (C=O) groups excluding carboxylic acids is 2. The molecule has 0 spiro atoms. The van der Waals surface area contributed by atoms with Gasteiger partial charge in [-0.3, -0.25) is 24.6 Å². The zero-order valence-electron chi connectivity index (χ0n) is 18.0. The van der Waals surface area contributed by atoms with Gasteiger partial charge >= 0.3 is 0 Å². The van der Waals surface area contributed by atoms with Crippen molar-refractivity contribution in [2.24, 2.45) is 0 Å². The van der Waals surface area contributed by atoms with Crippen LogP contribution in [0.5, 0.6) is 0 Å². The standard InChI is InChI=1S/C23H23ClN4O4S/c1-2-15-3-5-16(6-4-15)25-20(29)14-26-9-11-27(12-10-26)23(30)22-21(24)18-8-7-17(28(31)32)13-19(18)33-22/h3-8,13H,2,9-12,14H2,1H3,(H,25,29). The van der Waals surface area contributed by atoms with Crippen molar-refractivity contribution in [2.45, 2.75) is 13.3 Å². The third-order valence-electron chi connectivity index (χ3n) is 5.69.